The van der Waals surface area contributed by atoms with Crippen molar-refractivity contribution in [2.75, 3.05) is 19.7 Å². The molecule has 1 N–H and O–H groups in total. The summed E-state index contributed by atoms with van der Waals surface area (Å²) in [5, 5.41) is 7.77. The molecule has 1 aromatic carbocycles. The second kappa shape index (κ2) is 9.09. The van der Waals surface area contributed by atoms with Crippen LogP contribution in [0, 0.1) is 0 Å². The van der Waals surface area contributed by atoms with Crippen LogP contribution < -0.4 is 5.32 Å². The molecule has 1 aromatic heterocycles. The van der Waals surface area contributed by atoms with E-state index in [1.54, 1.807) is 0 Å². The molecule has 0 radical (unpaired) electrons. The lowest BCUT2D eigenvalue weighted by Crippen LogP contribution is -2.46. The maximum Gasteiger partial charge on any atom is 0.222 e. The topological polar surface area (TPSA) is 59.4 Å². The number of fused-ring (bicyclic) bond motifs is 1. The van der Waals surface area contributed by atoms with E-state index in [-0.39, 0.29) is 18.1 Å². The van der Waals surface area contributed by atoms with E-state index in [2.05, 4.69) is 58.1 Å². The molecule has 1 amide bonds. The number of aryl methyl sites for hydroxylation is 1. The quantitative estimate of drug-likeness (QED) is 0.816. The van der Waals surface area contributed by atoms with Crippen molar-refractivity contribution in [2.45, 2.75) is 64.3 Å². The molecule has 6 heteroatoms. The molecule has 1 aliphatic carbocycles. The average molecular weight is 397 g/mol. The van der Waals surface area contributed by atoms with Gasteiger partial charge >= 0.3 is 0 Å². The van der Waals surface area contributed by atoms with Crippen molar-refractivity contribution in [3.8, 4) is 0 Å². The van der Waals surface area contributed by atoms with Gasteiger partial charge in [-0.3, -0.25) is 14.4 Å². The summed E-state index contributed by atoms with van der Waals surface area (Å²) in [6.07, 6.45) is 5.22. The molecule has 29 heavy (non-hydrogen) atoms. The molecule has 2 heterocycles. The molecule has 1 saturated heterocycles. The lowest BCUT2D eigenvalue weighted by Gasteiger charge is -2.33. The molecular formula is C23H32N4O2. The number of benzene rings is 1. The molecule has 2 aliphatic rings. The first-order chi connectivity index (χ1) is 14.1. The molecule has 4 rings (SSSR count). The Morgan fingerprint density at radius 3 is 2.93 bits per heavy atom. The Kier molecular flexibility index (Phi) is 6.31. The van der Waals surface area contributed by atoms with E-state index in [9.17, 15) is 4.79 Å². The van der Waals surface area contributed by atoms with Gasteiger partial charge in [0.2, 0.25) is 5.91 Å². The summed E-state index contributed by atoms with van der Waals surface area (Å²) >= 11 is 0. The van der Waals surface area contributed by atoms with Crippen molar-refractivity contribution in [1.29, 1.82) is 0 Å². The van der Waals surface area contributed by atoms with Gasteiger partial charge < -0.3 is 10.1 Å². The molecule has 2 aromatic rings. The monoisotopic (exact) mass is 396 g/mol. The predicted molar refractivity (Wildman–Crippen MR) is 113 cm³/mol. The zero-order chi connectivity index (χ0) is 20.2. The number of carbonyl (C=O) groups excluding carboxylic acids is 1. The highest BCUT2D eigenvalue weighted by Crippen LogP contribution is 2.24. The first-order valence-electron chi connectivity index (χ1n) is 10.8. The molecule has 2 atom stereocenters. The van der Waals surface area contributed by atoms with Gasteiger partial charge in [-0.25, -0.2) is 0 Å². The Morgan fingerprint density at radius 2 is 2.14 bits per heavy atom. The van der Waals surface area contributed by atoms with Crippen LogP contribution in [0.25, 0.3) is 0 Å². The Labute approximate surface area is 173 Å². The summed E-state index contributed by atoms with van der Waals surface area (Å²) in [6, 6.07) is 11.0. The number of ether oxygens (including phenoxy) is 1. The van der Waals surface area contributed by atoms with Crippen molar-refractivity contribution in [3.63, 3.8) is 0 Å². The summed E-state index contributed by atoms with van der Waals surface area (Å²) in [5.41, 5.74) is 3.91. The molecule has 1 aliphatic heterocycles. The number of nitrogens with zero attached hydrogens (tertiary/aromatic N) is 3. The van der Waals surface area contributed by atoms with Gasteiger partial charge in [0.15, 0.2) is 0 Å². The summed E-state index contributed by atoms with van der Waals surface area (Å²) < 4.78 is 7.98. The molecular weight excluding hydrogens is 364 g/mol. The highest BCUT2D eigenvalue weighted by Gasteiger charge is 2.27. The van der Waals surface area contributed by atoms with Crippen LogP contribution in [-0.4, -0.2) is 52.4 Å². The normalized spacial score (nSPS) is 22.4. The third-order valence-corrected chi connectivity index (χ3v) is 5.93. The first kappa shape index (κ1) is 20.1. The SMILES string of the molecule is CC(C)n1ncc2c1C[C@@H](NC(=O)C[C@@H]1CN(Cc3ccccc3)CCO1)CC2. The molecule has 0 bridgehead atoms. The largest absolute Gasteiger partial charge is 0.375 e. The highest BCUT2D eigenvalue weighted by molar-refractivity contribution is 5.76. The zero-order valence-corrected chi connectivity index (χ0v) is 17.5. The number of morpholine rings is 1. The first-order valence-corrected chi connectivity index (χ1v) is 10.8. The number of carbonyl (C=O) groups is 1. The second-order valence-corrected chi connectivity index (χ2v) is 8.58. The van der Waals surface area contributed by atoms with Crippen LogP contribution in [0.15, 0.2) is 36.5 Å². The smallest absolute Gasteiger partial charge is 0.222 e. The van der Waals surface area contributed by atoms with E-state index < -0.39 is 0 Å². The number of hydrogen-bond donors (Lipinski definition) is 1. The van der Waals surface area contributed by atoms with Crippen LogP contribution in [-0.2, 0) is 28.9 Å². The fourth-order valence-electron chi connectivity index (χ4n) is 4.47. The molecule has 1 fully saturated rings. The third-order valence-electron chi connectivity index (χ3n) is 5.93. The van der Waals surface area contributed by atoms with Gasteiger partial charge in [0.05, 0.1) is 25.3 Å². The molecule has 0 spiro atoms. The molecule has 156 valence electrons. The maximum atomic E-state index is 12.7. The van der Waals surface area contributed by atoms with E-state index >= 15 is 0 Å². The van der Waals surface area contributed by atoms with Crippen molar-refractivity contribution in [3.05, 3.63) is 53.3 Å². The van der Waals surface area contributed by atoms with E-state index in [0.717, 1.165) is 38.9 Å². The molecule has 0 unspecified atom stereocenters. The number of hydrogen-bond acceptors (Lipinski definition) is 4. The van der Waals surface area contributed by atoms with E-state index in [1.165, 1.54) is 16.8 Å². The predicted octanol–water partition coefficient (Wildman–Crippen LogP) is 2.73. The van der Waals surface area contributed by atoms with Crippen LogP contribution in [0.5, 0.6) is 0 Å². The molecule has 0 saturated carbocycles. The average Bonchev–Trinajstić information content (AvgIpc) is 3.12. The van der Waals surface area contributed by atoms with Crippen molar-refractivity contribution < 1.29 is 9.53 Å². The highest BCUT2D eigenvalue weighted by atomic mass is 16.5. The minimum Gasteiger partial charge on any atom is -0.375 e. The summed E-state index contributed by atoms with van der Waals surface area (Å²) in [7, 11) is 0. The zero-order valence-electron chi connectivity index (χ0n) is 17.5. The Bertz CT molecular complexity index is 818. The second-order valence-electron chi connectivity index (χ2n) is 8.58. The fourth-order valence-corrected chi connectivity index (χ4v) is 4.47. The number of rotatable bonds is 6. The van der Waals surface area contributed by atoms with Gasteiger partial charge in [0, 0.05) is 43.8 Å². The number of amides is 1. The summed E-state index contributed by atoms with van der Waals surface area (Å²) in [6.45, 7) is 7.61. The molecule has 6 nitrogen and oxygen atoms in total. The van der Waals surface area contributed by atoms with E-state index in [0.29, 0.717) is 19.1 Å². The van der Waals surface area contributed by atoms with Gasteiger partial charge in [-0.05, 0) is 37.8 Å². The minimum absolute atomic E-state index is 0.0344. The number of aromatic nitrogens is 2. The van der Waals surface area contributed by atoms with Crippen molar-refractivity contribution >= 4 is 5.91 Å². The Morgan fingerprint density at radius 1 is 1.31 bits per heavy atom. The van der Waals surface area contributed by atoms with E-state index in [1.807, 2.05) is 12.3 Å². The van der Waals surface area contributed by atoms with Gasteiger partial charge in [0.25, 0.3) is 0 Å². The van der Waals surface area contributed by atoms with Gasteiger partial charge in [-0.1, -0.05) is 30.3 Å². The van der Waals surface area contributed by atoms with Crippen LogP contribution >= 0.6 is 0 Å². The van der Waals surface area contributed by atoms with Gasteiger partial charge in [-0.15, -0.1) is 0 Å². The summed E-state index contributed by atoms with van der Waals surface area (Å²) in [4.78, 5) is 15.1. The van der Waals surface area contributed by atoms with Crippen LogP contribution in [0.3, 0.4) is 0 Å². The van der Waals surface area contributed by atoms with Crippen LogP contribution in [0.1, 0.15) is 49.6 Å². The number of nitrogens with one attached hydrogen (secondary N) is 1. The van der Waals surface area contributed by atoms with E-state index in [4.69, 9.17) is 4.74 Å². The van der Waals surface area contributed by atoms with Crippen molar-refractivity contribution in [1.82, 2.24) is 20.0 Å². The summed E-state index contributed by atoms with van der Waals surface area (Å²) in [5.74, 6) is 0.0978. The minimum atomic E-state index is -0.0344. The fraction of sp³-hybridized carbons (Fsp3) is 0.565. The van der Waals surface area contributed by atoms with Crippen molar-refractivity contribution in [2.24, 2.45) is 0 Å². The van der Waals surface area contributed by atoms with Crippen LogP contribution in [0.2, 0.25) is 0 Å². The lowest BCUT2D eigenvalue weighted by molar-refractivity contribution is -0.126. The Balaban J connectivity index is 1.28. The Hall–Kier alpha value is -2.18. The van der Waals surface area contributed by atoms with Crippen LogP contribution in [0.4, 0.5) is 0 Å². The van der Waals surface area contributed by atoms with Gasteiger partial charge in [-0.2, -0.15) is 5.10 Å². The lowest BCUT2D eigenvalue weighted by atomic mass is 9.93. The standard InChI is InChI=1S/C23H32N4O2/c1-17(2)27-22-12-20(9-8-19(22)14-24-27)25-23(28)13-21-16-26(10-11-29-21)15-18-6-4-3-5-7-18/h3-7,14,17,20-21H,8-13,15-16H2,1-2H3,(H,25,28)/t20-,21+/m0/s1. The maximum absolute atomic E-state index is 12.7. The third kappa shape index (κ3) is 5.06. The van der Waals surface area contributed by atoms with Gasteiger partial charge in [0.1, 0.15) is 0 Å².